The zero-order chi connectivity index (χ0) is 25.5. The van der Waals surface area contributed by atoms with Crippen molar-refractivity contribution in [1.29, 1.82) is 0 Å². The van der Waals surface area contributed by atoms with Gasteiger partial charge in [-0.05, 0) is 61.8 Å². The maximum Gasteiger partial charge on any atom is 0.338 e. The van der Waals surface area contributed by atoms with Gasteiger partial charge in [-0.15, -0.1) is 0 Å². The number of benzene rings is 2. The van der Waals surface area contributed by atoms with Crippen LogP contribution in [0.3, 0.4) is 0 Å². The van der Waals surface area contributed by atoms with Crippen LogP contribution >= 0.6 is 12.2 Å². The number of carbonyl (C=O) groups is 2. The van der Waals surface area contributed by atoms with Crippen LogP contribution in [0.1, 0.15) is 39.3 Å². The minimum absolute atomic E-state index is 0.227. The average Bonchev–Trinajstić information content (AvgIpc) is 2.83. The van der Waals surface area contributed by atoms with Gasteiger partial charge in [0.05, 0.1) is 31.0 Å². The molecular weight excluding hydrogens is 464 g/mol. The average molecular weight is 497 g/mol. The third-order valence-electron chi connectivity index (χ3n) is 5.54. The number of thiocarbonyl (C=S) groups is 1. The van der Waals surface area contributed by atoms with Crippen molar-refractivity contribution < 1.29 is 19.1 Å². The van der Waals surface area contributed by atoms with Gasteiger partial charge in [0.2, 0.25) is 0 Å². The second kappa shape index (κ2) is 11.7. The number of methoxy groups -OCH3 is 1. The van der Waals surface area contributed by atoms with Crippen LogP contribution in [0.2, 0.25) is 0 Å². The van der Waals surface area contributed by atoms with E-state index in [-0.39, 0.29) is 11.9 Å². The standard InChI is InChI=1S/C26H32N4O4S/c1-6-30-17(4)22(24(31)34-15-16(2)3)23(29-26(30)35)18-11-13-19(14-12-18)27-25(32)28-20-9-7-8-10-21(20)33-5/h7-14,16,23H,6,15H2,1-5H3,(H,29,35)(H2,27,28,32)/t23-/m1/s1. The molecule has 1 aliphatic heterocycles. The molecule has 1 heterocycles. The van der Waals surface area contributed by atoms with Gasteiger partial charge in [-0.3, -0.25) is 0 Å². The highest BCUT2D eigenvalue weighted by molar-refractivity contribution is 7.80. The van der Waals surface area contributed by atoms with Crippen LogP contribution < -0.4 is 20.7 Å². The minimum atomic E-state index is -0.457. The van der Waals surface area contributed by atoms with E-state index in [1.807, 2.05) is 56.9 Å². The predicted octanol–water partition coefficient (Wildman–Crippen LogP) is 5.06. The Kier molecular flexibility index (Phi) is 8.70. The molecule has 1 atom stereocenters. The summed E-state index contributed by atoms with van der Waals surface area (Å²) in [5, 5.41) is 9.41. The quantitative estimate of drug-likeness (QED) is 0.347. The second-order valence-corrected chi connectivity index (χ2v) is 8.91. The van der Waals surface area contributed by atoms with Crippen molar-refractivity contribution >= 4 is 40.7 Å². The lowest BCUT2D eigenvalue weighted by Crippen LogP contribution is -2.47. The topological polar surface area (TPSA) is 91.9 Å². The Balaban J connectivity index is 1.79. The van der Waals surface area contributed by atoms with Crippen molar-refractivity contribution in [3.63, 3.8) is 0 Å². The molecule has 0 spiro atoms. The summed E-state index contributed by atoms with van der Waals surface area (Å²) in [7, 11) is 1.55. The molecule has 0 saturated carbocycles. The highest BCUT2D eigenvalue weighted by atomic mass is 32.1. The van der Waals surface area contributed by atoms with Crippen molar-refractivity contribution in [1.82, 2.24) is 10.2 Å². The Hall–Kier alpha value is -3.59. The maximum atomic E-state index is 13.0. The number of hydrogen-bond acceptors (Lipinski definition) is 5. The lowest BCUT2D eigenvalue weighted by atomic mass is 9.95. The fourth-order valence-corrected chi connectivity index (χ4v) is 4.17. The fraction of sp³-hybridized carbons (Fsp3) is 0.346. The summed E-state index contributed by atoms with van der Waals surface area (Å²) in [6.07, 6.45) is 0. The van der Waals surface area contributed by atoms with Crippen molar-refractivity contribution in [2.75, 3.05) is 30.9 Å². The van der Waals surface area contributed by atoms with E-state index < -0.39 is 12.1 Å². The first-order valence-corrected chi connectivity index (χ1v) is 11.9. The van der Waals surface area contributed by atoms with Crippen LogP contribution in [0.4, 0.5) is 16.2 Å². The van der Waals surface area contributed by atoms with Crippen molar-refractivity contribution in [3.05, 3.63) is 65.4 Å². The van der Waals surface area contributed by atoms with Crippen LogP contribution in [0.25, 0.3) is 0 Å². The maximum absolute atomic E-state index is 13.0. The number of hydrogen-bond donors (Lipinski definition) is 3. The van der Waals surface area contributed by atoms with Gasteiger partial charge < -0.3 is 30.3 Å². The number of amides is 2. The third-order valence-corrected chi connectivity index (χ3v) is 5.88. The first-order chi connectivity index (χ1) is 16.7. The molecule has 35 heavy (non-hydrogen) atoms. The predicted molar refractivity (Wildman–Crippen MR) is 141 cm³/mol. The van der Waals surface area contributed by atoms with Crippen molar-refractivity contribution in [2.45, 2.75) is 33.7 Å². The van der Waals surface area contributed by atoms with Gasteiger partial charge >= 0.3 is 12.0 Å². The van der Waals surface area contributed by atoms with Gasteiger partial charge in [-0.2, -0.15) is 0 Å². The summed E-state index contributed by atoms with van der Waals surface area (Å²) >= 11 is 5.54. The summed E-state index contributed by atoms with van der Waals surface area (Å²) < 4.78 is 10.8. The van der Waals surface area contributed by atoms with Crippen LogP contribution in [-0.4, -0.2) is 42.3 Å². The number of nitrogens with one attached hydrogen (secondary N) is 3. The van der Waals surface area contributed by atoms with E-state index in [9.17, 15) is 9.59 Å². The van der Waals surface area contributed by atoms with Crippen LogP contribution in [-0.2, 0) is 9.53 Å². The Morgan fingerprint density at radius 2 is 1.80 bits per heavy atom. The van der Waals surface area contributed by atoms with Gasteiger partial charge in [-0.25, -0.2) is 9.59 Å². The molecule has 0 bridgehead atoms. The Labute approximate surface area is 211 Å². The Morgan fingerprint density at radius 3 is 2.43 bits per heavy atom. The largest absolute Gasteiger partial charge is 0.495 e. The van der Waals surface area contributed by atoms with Crippen LogP contribution in [0.15, 0.2) is 59.8 Å². The summed E-state index contributed by atoms with van der Waals surface area (Å²) in [6.45, 7) is 8.82. The molecule has 2 aromatic carbocycles. The van der Waals surface area contributed by atoms with Crippen molar-refractivity contribution in [3.8, 4) is 5.75 Å². The number of rotatable bonds is 8. The molecule has 0 radical (unpaired) electrons. The lowest BCUT2D eigenvalue weighted by molar-refractivity contribution is -0.140. The molecule has 0 fully saturated rings. The number of carbonyl (C=O) groups excluding carboxylic acids is 2. The van der Waals surface area contributed by atoms with Crippen LogP contribution in [0, 0.1) is 5.92 Å². The summed E-state index contributed by atoms with van der Waals surface area (Å²) in [5.41, 5.74) is 3.28. The second-order valence-electron chi connectivity index (χ2n) is 8.52. The first-order valence-electron chi connectivity index (χ1n) is 11.5. The molecule has 2 aromatic rings. The highest BCUT2D eigenvalue weighted by Gasteiger charge is 2.34. The Bertz CT molecular complexity index is 1110. The number of ether oxygens (including phenoxy) is 2. The van der Waals surface area contributed by atoms with Gasteiger partial charge in [0.1, 0.15) is 5.75 Å². The fourth-order valence-electron chi connectivity index (χ4n) is 3.79. The normalized spacial score (nSPS) is 15.5. The molecule has 0 aliphatic carbocycles. The molecule has 8 nitrogen and oxygen atoms in total. The van der Waals surface area contributed by atoms with E-state index >= 15 is 0 Å². The van der Waals surface area contributed by atoms with E-state index in [2.05, 4.69) is 16.0 Å². The monoisotopic (exact) mass is 496 g/mol. The van der Waals surface area contributed by atoms with Gasteiger partial charge in [0, 0.05) is 17.9 Å². The van der Waals surface area contributed by atoms with E-state index in [0.29, 0.717) is 41.0 Å². The highest BCUT2D eigenvalue weighted by Crippen LogP contribution is 2.32. The zero-order valence-electron chi connectivity index (χ0n) is 20.7. The molecule has 1 aliphatic rings. The van der Waals surface area contributed by atoms with E-state index in [1.54, 1.807) is 31.4 Å². The van der Waals surface area contributed by atoms with E-state index in [0.717, 1.165) is 11.3 Å². The molecule has 3 rings (SSSR count). The molecule has 0 unspecified atom stereocenters. The zero-order valence-corrected chi connectivity index (χ0v) is 21.5. The van der Waals surface area contributed by atoms with Gasteiger partial charge in [0.25, 0.3) is 0 Å². The molecule has 186 valence electrons. The molecule has 3 N–H and O–H groups in total. The van der Waals surface area contributed by atoms with Gasteiger partial charge in [-0.1, -0.05) is 38.1 Å². The number of nitrogens with zero attached hydrogens (tertiary/aromatic N) is 1. The van der Waals surface area contributed by atoms with Gasteiger partial charge in [0.15, 0.2) is 5.11 Å². The molecule has 0 aromatic heterocycles. The van der Waals surface area contributed by atoms with E-state index in [4.69, 9.17) is 21.7 Å². The SMILES string of the molecule is CCN1C(=S)N[C@H](c2ccc(NC(=O)Nc3ccccc3OC)cc2)C(C(=O)OCC(C)C)=C1C. The summed E-state index contributed by atoms with van der Waals surface area (Å²) in [4.78, 5) is 27.4. The van der Waals surface area contributed by atoms with E-state index in [1.165, 1.54) is 0 Å². The lowest BCUT2D eigenvalue weighted by Gasteiger charge is -2.37. The number of urea groups is 1. The molecule has 9 heteroatoms. The molecular formula is C26H32N4O4S. The minimum Gasteiger partial charge on any atom is -0.495 e. The molecule has 0 saturated heterocycles. The van der Waals surface area contributed by atoms with Crippen molar-refractivity contribution in [2.24, 2.45) is 5.92 Å². The number of allylic oxidation sites excluding steroid dienone is 1. The first kappa shape index (κ1) is 26.0. The number of anilines is 2. The number of esters is 1. The smallest absolute Gasteiger partial charge is 0.338 e. The summed E-state index contributed by atoms with van der Waals surface area (Å²) in [6, 6.07) is 13.6. The third kappa shape index (κ3) is 6.30. The summed E-state index contributed by atoms with van der Waals surface area (Å²) in [5.74, 6) is 0.427. The van der Waals surface area contributed by atoms with Crippen LogP contribution in [0.5, 0.6) is 5.75 Å². The molecule has 2 amide bonds. The Morgan fingerprint density at radius 1 is 1.11 bits per heavy atom. The number of para-hydroxylation sites is 2.